The number of imidazole rings is 2. The molecular weight excluding hydrogens is 528 g/mol. The van der Waals surface area contributed by atoms with Crippen molar-refractivity contribution in [2.45, 2.75) is 65.2 Å². The predicted octanol–water partition coefficient (Wildman–Crippen LogP) is 1.73. The van der Waals surface area contributed by atoms with Crippen LogP contribution in [0, 0.1) is 11.8 Å². The van der Waals surface area contributed by atoms with Crippen LogP contribution in [0.15, 0.2) is 54.7 Å². The number of esters is 1. The molecule has 2 bridgehead atoms. The molecular formula is C29H38N6O6. The zero-order valence-corrected chi connectivity index (χ0v) is 23.7. The minimum Gasteiger partial charge on any atom is -0.460 e. The van der Waals surface area contributed by atoms with Gasteiger partial charge in [0.15, 0.2) is 0 Å². The molecule has 0 aromatic carbocycles. The number of aliphatic hydroxyl groups is 1. The lowest BCUT2D eigenvalue weighted by Crippen LogP contribution is -2.46. The van der Waals surface area contributed by atoms with E-state index in [1.165, 1.54) is 18.6 Å². The van der Waals surface area contributed by atoms with Gasteiger partial charge in [0, 0.05) is 37.7 Å². The number of aromatic nitrogens is 4. The number of cyclic esters (lactones) is 1. The Labute approximate surface area is 238 Å². The van der Waals surface area contributed by atoms with Gasteiger partial charge in [-0.3, -0.25) is 14.4 Å². The van der Waals surface area contributed by atoms with Crippen molar-refractivity contribution in [1.29, 1.82) is 0 Å². The Bertz CT molecular complexity index is 1290. The van der Waals surface area contributed by atoms with Crippen molar-refractivity contribution in [1.82, 2.24) is 30.6 Å². The monoisotopic (exact) mass is 566 g/mol. The maximum atomic E-state index is 13.4. The summed E-state index contributed by atoms with van der Waals surface area (Å²) in [5, 5.41) is 15.7. The van der Waals surface area contributed by atoms with Crippen molar-refractivity contribution >= 4 is 23.6 Å². The number of ether oxygens (including phenoxy) is 1. The minimum atomic E-state index is -1.08. The number of hydrogen-bond donors (Lipinski definition) is 5. The molecule has 1 aliphatic rings. The zero-order valence-electron chi connectivity index (χ0n) is 23.7. The van der Waals surface area contributed by atoms with Gasteiger partial charge in [-0.15, -0.1) is 0 Å². The number of aliphatic hydroxyl groups excluding tert-OH is 1. The lowest BCUT2D eigenvalue weighted by molar-refractivity contribution is -0.155. The average molecular weight is 567 g/mol. The fourth-order valence-corrected chi connectivity index (χ4v) is 4.39. The van der Waals surface area contributed by atoms with Gasteiger partial charge in [-0.05, 0) is 18.9 Å². The van der Waals surface area contributed by atoms with Gasteiger partial charge in [0.2, 0.25) is 5.91 Å². The smallest absolute Gasteiger partial charge is 0.329 e. The standard InChI is InChI=1S/C29H38N6O6/c1-17(2)27-19(4)7-8-26(38)31-9-5-6-18(3)10-21(36)12-22(37)13-25-32-15-24(34-25)28(39)35-23(29(40)41-27)11-20-14-30-16-33-20/h5-8,10,14-17,19,21,23,27,36H,9,11-13H2,1-4H3,(H,30,33)(H,31,38)(H,32,34)(H,35,39)/b6-5+,8-7+,18-10+/t19-,21-,23-,27-/m1/s1. The molecule has 0 spiro atoms. The molecule has 0 saturated heterocycles. The number of nitrogens with one attached hydrogen (secondary N) is 4. The second-order valence-corrected chi connectivity index (χ2v) is 10.4. The molecule has 0 fully saturated rings. The van der Waals surface area contributed by atoms with Crippen LogP contribution < -0.4 is 10.6 Å². The van der Waals surface area contributed by atoms with Crippen molar-refractivity contribution in [3.8, 4) is 0 Å². The Morgan fingerprint density at radius 3 is 2.63 bits per heavy atom. The molecule has 0 radical (unpaired) electrons. The molecule has 3 rings (SSSR count). The van der Waals surface area contributed by atoms with Crippen LogP contribution in [0.25, 0.3) is 0 Å². The molecule has 2 amide bonds. The number of fused-ring (bicyclic) bond motifs is 2. The van der Waals surface area contributed by atoms with Crippen LogP contribution >= 0.6 is 0 Å². The number of Topliss-reactive ketones (excluding diaryl/α,β-unsaturated/α-hetero) is 1. The maximum absolute atomic E-state index is 13.4. The summed E-state index contributed by atoms with van der Waals surface area (Å²) in [5.74, 6) is -2.02. The largest absolute Gasteiger partial charge is 0.460 e. The summed E-state index contributed by atoms with van der Waals surface area (Å²) < 4.78 is 5.88. The third kappa shape index (κ3) is 9.98. The first-order valence-corrected chi connectivity index (χ1v) is 13.6. The van der Waals surface area contributed by atoms with E-state index in [9.17, 15) is 24.3 Å². The molecule has 1 aliphatic heterocycles. The highest BCUT2D eigenvalue weighted by Gasteiger charge is 2.30. The van der Waals surface area contributed by atoms with Crippen LogP contribution in [0.1, 0.15) is 56.1 Å². The highest BCUT2D eigenvalue weighted by molar-refractivity contribution is 5.95. The minimum absolute atomic E-state index is 0.00447. The number of allylic oxidation sites excluding steroid dienone is 2. The zero-order chi connectivity index (χ0) is 29.9. The van der Waals surface area contributed by atoms with E-state index in [-0.39, 0.29) is 60.9 Å². The molecule has 2 aromatic heterocycles. The molecule has 2 aromatic rings. The summed E-state index contributed by atoms with van der Waals surface area (Å²) in [5.41, 5.74) is 1.26. The summed E-state index contributed by atoms with van der Waals surface area (Å²) in [4.78, 5) is 65.3. The summed E-state index contributed by atoms with van der Waals surface area (Å²) in [6.07, 6.45) is 10.8. The van der Waals surface area contributed by atoms with Crippen LogP contribution in [-0.2, 0) is 32.0 Å². The van der Waals surface area contributed by atoms with Gasteiger partial charge in [-0.25, -0.2) is 14.8 Å². The molecule has 3 heterocycles. The van der Waals surface area contributed by atoms with Gasteiger partial charge < -0.3 is 30.4 Å². The van der Waals surface area contributed by atoms with Crippen LogP contribution in [0.5, 0.6) is 0 Å². The molecule has 41 heavy (non-hydrogen) atoms. The number of rotatable bonds is 3. The first-order valence-electron chi connectivity index (χ1n) is 13.6. The van der Waals surface area contributed by atoms with Crippen molar-refractivity contribution < 1.29 is 29.0 Å². The Morgan fingerprint density at radius 2 is 1.93 bits per heavy atom. The fraction of sp³-hybridized carbons (Fsp3) is 0.448. The van der Waals surface area contributed by atoms with E-state index < -0.39 is 30.1 Å². The van der Waals surface area contributed by atoms with E-state index in [0.717, 1.165) is 5.57 Å². The summed E-state index contributed by atoms with van der Waals surface area (Å²) in [6.45, 7) is 7.69. The SMILES string of the molecule is CC1=C\[C@@H](O)CC(=O)Cc2nc(c[nH]2)C(=O)N[C@H](Cc2c[nH]cn2)C(=O)O[C@H](C(C)C)[C@H](C)/C=C/C(=O)NC\C=C\1. The lowest BCUT2D eigenvalue weighted by atomic mass is 9.94. The fourth-order valence-electron chi connectivity index (χ4n) is 4.39. The van der Waals surface area contributed by atoms with Crippen LogP contribution in [-0.4, -0.2) is 73.4 Å². The van der Waals surface area contributed by atoms with Crippen LogP contribution in [0.4, 0.5) is 0 Å². The average Bonchev–Trinajstić information content (AvgIpc) is 3.59. The normalized spacial score (nSPS) is 26.8. The highest BCUT2D eigenvalue weighted by atomic mass is 16.5. The van der Waals surface area contributed by atoms with E-state index in [2.05, 4.69) is 30.6 Å². The second kappa shape index (κ2) is 14.9. The van der Waals surface area contributed by atoms with E-state index in [0.29, 0.717) is 5.69 Å². The first-order chi connectivity index (χ1) is 19.5. The third-order valence-electron chi connectivity index (χ3n) is 6.43. The van der Waals surface area contributed by atoms with Gasteiger partial charge in [0.1, 0.15) is 29.4 Å². The van der Waals surface area contributed by atoms with Crippen molar-refractivity contribution in [2.75, 3.05) is 6.54 Å². The number of nitrogens with zero attached hydrogens (tertiary/aromatic N) is 2. The van der Waals surface area contributed by atoms with E-state index in [1.54, 1.807) is 37.4 Å². The number of ketones is 1. The Kier molecular flexibility index (Phi) is 11.3. The second-order valence-electron chi connectivity index (χ2n) is 10.4. The topological polar surface area (TPSA) is 179 Å². The number of carbonyl (C=O) groups excluding carboxylic acids is 4. The van der Waals surface area contributed by atoms with Gasteiger partial charge in [-0.1, -0.05) is 50.6 Å². The van der Waals surface area contributed by atoms with Gasteiger partial charge in [-0.2, -0.15) is 0 Å². The predicted molar refractivity (Wildman–Crippen MR) is 150 cm³/mol. The Morgan fingerprint density at radius 1 is 1.15 bits per heavy atom. The number of aromatic amines is 2. The van der Waals surface area contributed by atoms with Gasteiger partial charge >= 0.3 is 5.97 Å². The molecule has 12 heteroatoms. The number of H-pyrrole nitrogens is 2. The van der Waals surface area contributed by atoms with Gasteiger partial charge in [0.25, 0.3) is 5.91 Å². The first kappa shape index (κ1) is 31.2. The number of carbonyl (C=O) groups is 4. The maximum Gasteiger partial charge on any atom is 0.329 e. The third-order valence-corrected chi connectivity index (χ3v) is 6.43. The quantitative estimate of drug-likeness (QED) is 0.349. The van der Waals surface area contributed by atoms with Gasteiger partial charge in [0.05, 0.1) is 24.5 Å². The summed E-state index contributed by atoms with van der Waals surface area (Å²) >= 11 is 0. The van der Waals surface area contributed by atoms with Crippen molar-refractivity contribution in [3.05, 3.63) is 71.9 Å². The summed E-state index contributed by atoms with van der Waals surface area (Å²) in [7, 11) is 0. The van der Waals surface area contributed by atoms with Crippen molar-refractivity contribution in [2.24, 2.45) is 11.8 Å². The van der Waals surface area contributed by atoms with Crippen LogP contribution in [0.3, 0.4) is 0 Å². The molecule has 220 valence electrons. The van der Waals surface area contributed by atoms with E-state index in [1.807, 2.05) is 20.8 Å². The highest BCUT2D eigenvalue weighted by Crippen LogP contribution is 2.20. The number of amides is 2. The molecule has 0 unspecified atom stereocenters. The van der Waals surface area contributed by atoms with Crippen LogP contribution in [0.2, 0.25) is 0 Å². The lowest BCUT2D eigenvalue weighted by Gasteiger charge is -2.28. The Hall–Kier alpha value is -4.32. The molecule has 0 saturated carbocycles. The Balaban J connectivity index is 1.88. The van der Waals surface area contributed by atoms with Crippen molar-refractivity contribution in [3.63, 3.8) is 0 Å². The molecule has 0 aliphatic carbocycles. The molecule has 12 nitrogen and oxygen atoms in total. The molecule has 5 N–H and O–H groups in total. The van der Waals surface area contributed by atoms with E-state index >= 15 is 0 Å². The molecule has 4 atom stereocenters. The number of hydrogen-bond acceptors (Lipinski definition) is 8. The summed E-state index contributed by atoms with van der Waals surface area (Å²) in [6, 6.07) is -1.08. The van der Waals surface area contributed by atoms with E-state index in [4.69, 9.17) is 4.74 Å².